The van der Waals surface area contributed by atoms with E-state index in [1.165, 1.54) is 6.07 Å². The van der Waals surface area contributed by atoms with Gasteiger partial charge < -0.3 is 19.5 Å². The zero-order valence-electron chi connectivity index (χ0n) is 16.6. The van der Waals surface area contributed by atoms with E-state index in [9.17, 15) is 9.18 Å². The van der Waals surface area contributed by atoms with Crippen molar-refractivity contribution in [3.63, 3.8) is 0 Å². The van der Waals surface area contributed by atoms with E-state index in [0.29, 0.717) is 42.6 Å². The average molecular weight is 390 g/mol. The molecule has 0 radical (unpaired) electrons. The highest BCUT2D eigenvalue weighted by Crippen LogP contribution is 2.26. The first-order valence-corrected chi connectivity index (χ1v) is 9.76. The summed E-state index contributed by atoms with van der Waals surface area (Å²) in [6.45, 7) is 7.26. The minimum atomic E-state index is -0.361. The van der Waals surface area contributed by atoms with Gasteiger partial charge in [-0.3, -0.25) is 4.79 Å². The van der Waals surface area contributed by atoms with Crippen molar-refractivity contribution < 1.29 is 18.4 Å². The summed E-state index contributed by atoms with van der Waals surface area (Å²) >= 11 is 0. The number of aryl methyl sites for hydroxylation is 2. The second kappa shape index (κ2) is 9.14. The first kappa shape index (κ1) is 20.3. The molecule has 2 unspecified atom stereocenters. The van der Waals surface area contributed by atoms with Gasteiger partial charge in [0.1, 0.15) is 5.82 Å². The summed E-state index contributed by atoms with van der Waals surface area (Å²) < 4.78 is 25.4. The highest BCUT2D eigenvalue weighted by molar-refractivity contribution is 5.91. The van der Waals surface area contributed by atoms with E-state index in [-0.39, 0.29) is 30.4 Å². The lowest BCUT2D eigenvalue weighted by atomic mass is 10.1. The summed E-state index contributed by atoms with van der Waals surface area (Å²) in [7, 11) is 0. The number of carbonyl (C=O) groups excluding carboxylic acids is 1. The molecule has 2 atom stereocenters. The summed E-state index contributed by atoms with van der Waals surface area (Å²) in [5.74, 6) is 0.509. The van der Waals surface area contributed by atoms with Crippen LogP contribution in [0.4, 0.5) is 15.8 Å². The number of ether oxygens (including phenoxy) is 1. The lowest BCUT2D eigenvalue weighted by Crippen LogP contribution is -2.45. The first-order valence-electron chi connectivity index (χ1n) is 9.76. The molecule has 1 aliphatic heterocycles. The molecule has 7 nitrogen and oxygen atoms in total. The molecule has 152 valence electrons. The first-order chi connectivity index (χ1) is 13.4. The molecule has 0 aliphatic carbocycles. The fourth-order valence-electron chi connectivity index (χ4n) is 3.38. The number of hydrogen-bond acceptors (Lipinski definition) is 6. The second-order valence-electron chi connectivity index (χ2n) is 7.23. The van der Waals surface area contributed by atoms with Gasteiger partial charge in [0.25, 0.3) is 0 Å². The monoisotopic (exact) mass is 390 g/mol. The van der Waals surface area contributed by atoms with Gasteiger partial charge in [-0.05, 0) is 38.5 Å². The average Bonchev–Trinajstić information content (AvgIpc) is 3.07. The molecule has 1 fully saturated rings. The maximum Gasteiger partial charge on any atom is 0.227 e. The molecule has 1 N–H and O–H groups in total. The van der Waals surface area contributed by atoms with Crippen LogP contribution < -0.4 is 10.2 Å². The number of halogens is 1. The summed E-state index contributed by atoms with van der Waals surface area (Å²) in [5.41, 5.74) is 0.951. The van der Waals surface area contributed by atoms with Crippen molar-refractivity contribution in [2.75, 3.05) is 23.3 Å². The Hall–Kier alpha value is -2.48. The predicted molar refractivity (Wildman–Crippen MR) is 104 cm³/mol. The van der Waals surface area contributed by atoms with Crippen LogP contribution in [0.5, 0.6) is 0 Å². The van der Waals surface area contributed by atoms with E-state index in [1.54, 1.807) is 12.1 Å². The molecule has 2 aromatic rings. The number of morpholine rings is 1. The van der Waals surface area contributed by atoms with Crippen LogP contribution in [0.15, 0.2) is 22.7 Å². The smallest absolute Gasteiger partial charge is 0.227 e. The van der Waals surface area contributed by atoms with Crippen LogP contribution in [0.1, 0.15) is 45.3 Å². The molecule has 1 amide bonds. The lowest BCUT2D eigenvalue weighted by Gasteiger charge is -2.37. The Bertz CT molecular complexity index is 800. The Morgan fingerprint density at radius 2 is 2.04 bits per heavy atom. The van der Waals surface area contributed by atoms with Gasteiger partial charge in [-0.1, -0.05) is 12.1 Å². The van der Waals surface area contributed by atoms with Crippen LogP contribution >= 0.6 is 0 Å². The number of benzene rings is 1. The molecule has 1 aromatic heterocycles. The fraction of sp³-hybridized carbons (Fsp3) is 0.550. The standard InChI is InChI=1S/C20H27FN4O3/c1-4-5-18-23-20(28-24-18)9-8-19(26)22-15-6-7-17(16(21)10-15)25-11-13(2)27-14(3)12-25/h6-7,10,13-14H,4-5,8-9,11-12H2,1-3H3,(H,22,26). The molecular formula is C20H27FN4O3. The molecule has 1 aromatic carbocycles. The summed E-state index contributed by atoms with van der Waals surface area (Å²) in [6.07, 6.45) is 2.32. The van der Waals surface area contributed by atoms with Gasteiger partial charge in [0.15, 0.2) is 5.82 Å². The number of aromatic nitrogens is 2. The Kier molecular flexibility index (Phi) is 6.61. The fourth-order valence-corrected chi connectivity index (χ4v) is 3.38. The molecule has 0 saturated carbocycles. The van der Waals surface area contributed by atoms with Crippen LogP contribution in [-0.4, -0.2) is 41.3 Å². The molecular weight excluding hydrogens is 363 g/mol. The third-order valence-electron chi connectivity index (χ3n) is 4.54. The van der Waals surface area contributed by atoms with Gasteiger partial charge >= 0.3 is 0 Å². The summed E-state index contributed by atoms with van der Waals surface area (Å²) in [5, 5.41) is 6.58. The van der Waals surface area contributed by atoms with Gasteiger partial charge in [0.2, 0.25) is 11.8 Å². The highest BCUT2D eigenvalue weighted by atomic mass is 19.1. The molecule has 1 aliphatic rings. The molecule has 3 rings (SSSR count). The largest absolute Gasteiger partial charge is 0.372 e. The number of nitrogens with zero attached hydrogens (tertiary/aromatic N) is 3. The van der Waals surface area contributed by atoms with Crippen molar-refractivity contribution in [2.24, 2.45) is 0 Å². The number of amides is 1. The van der Waals surface area contributed by atoms with E-state index in [2.05, 4.69) is 15.5 Å². The van der Waals surface area contributed by atoms with Crippen LogP contribution in [0.2, 0.25) is 0 Å². The van der Waals surface area contributed by atoms with Crippen molar-refractivity contribution in [3.8, 4) is 0 Å². The lowest BCUT2D eigenvalue weighted by molar-refractivity contribution is -0.116. The molecule has 1 saturated heterocycles. The number of rotatable bonds is 7. The summed E-state index contributed by atoms with van der Waals surface area (Å²) in [6, 6.07) is 4.77. The predicted octanol–water partition coefficient (Wildman–Crippen LogP) is 3.35. The van der Waals surface area contributed by atoms with Crippen molar-refractivity contribution >= 4 is 17.3 Å². The van der Waals surface area contributed by atoms with Crippen LogP contribution in [0.3, 0.4) is 0 Å². The topological polar surface area (TPSA) is 80.5 Å². The minimum Gasteiger partial charge on any atom is -0.372 e. The molecule has 28 heavy (non-hydrogen) atoms. The maximum absolute atomic E-state index is 14.6. The van der Waals surface area contributed by atoms with E-state index < -0.39 is 0 Å². The van der Waals surface area contributed by atoms with E-state index in [0.717, 1.165) is 12.8 Å². The molecule has 0 bridgehead atoms. The minimum absolute atomic E-state index is 0.0464. The normalized spacial score (nSPS) is 19.6. The highest BCUT2D eigenvalue weighted by Gasteiger charge is 2.24. The van der Waals surface area contributed by atoms with Crippen LogP contribution in [0.25, 0.3) is 0 Å². The van der Waals surface area contributed by atoms with Crippen LogP contribution in [-0.2, 0) is 22.4 Å². The van der Waals surface area contributed by atoms with E-state index >= 15 is 0 Å². The quantitative estimate of drug-likeness (QED) is 0.781. The van der Waals surface area contributed by atoms with Gasteiger partial charge in [-0.25, -0.2) is 4.39 Å². The third-order valence-corrected chi connectivity index (χ3v) is 4.54. The second-order valence-corrected chi connectivity index (χ2v) is 7.23. The van der Waals surface area contributed by atoms with Gasteiger partial charge in [-0.15, -0.1) is 0 Å². The van der Waals surface area contributed by atoms with Crippen LogP contribution in [0, 0.1) is 5.82 Å². The van der Waals surface area contributed by atoms with Gasteiger partial charge in [0.05, 0.1) is 17.9 Å². The maximum atomic E-state index is 14.6. The Balaban J connectivity index is 1.55. The molecule has 8 heteroatoms. The molecule has 0 spiro atoms. The molecule has 2 heterocycles. The van der Waals surface area contributed by atoms with Gasteiger partial charge in [0, 0.05) is 38.0 Å². The zero-order chi connectivity index (χ0) is 20.1. The zero-order valence-corrected chi connectivity index (χ0v) is 16.6. The number of carbonyl (C=O) groups is 1. The number of hydrogen-bond donors (Lipinski definition) is 1. The SMILES string of the molecule is CCCc1noc(CCC(=O)Nc2ccc(N3CC(C)OC(C)C3)c(F)c2)n1. The Morgan fingerprint density at radius 3 is 2.71 bits per heavy atom. The number of nitrogens with one attached hydrogen (secondary N) is 1. The van der Waals surface area contributed by atoms with E-state index in [1.807, 2.05) is 25.7 Å². The van der Waals surface area contributed by atoms with Crippen molar-refractivity contribution in [3.05, 3.63) is 35.7 Å². The van der Waals surface area contributed by atoms with Gasteiger partial charge in [-0.2, -0.15) is 4.98 Å². The third kappa shape index (κ3) is 5.28. The Labute approximate surface area is 164 Å². The van der Waals surface area contributed by atoms with Crippen molar-refractivity contribution in [1.82, 2.24) is 10.1 Å². The summed E-state index contributed by atoms with van der Waals surface area (Å²) in [4.78, 5) is 18.4. The van der Waals surface area contributed by atoms with Crippen molar-refractivity contribution in [2.45, 2.75) is 58.7 Å². The van der Waals surface area contributed by atoms with Crippen molar-refractivity contribution in [1.29, 1.82) is 0 Å². The number of anilines is 2. The Morgan fingerprint density at radius 1 is 1.29 bits per heavy atom. The van der Waals surface area contributed by atoms with E-state index in [4.69, 9.17) is 9.26 Å².